The molecule has 2 nitrogen and oxygen atoms in total. The summed E-state index contributed by atoms with van der Waals surface area (Å²) in [5.74, 6) is -0.922. The van der Waals surface area contributed by atoms with Crippen LogP contribution in [0.3, 0.4) is 0 Å². The minimum atomic E-state index is -0.599. The van der Waals surface area contributed by atoms with Crippen LogP contribution >= 0.6 is 38.5 Å². The van der Waals surface area contributed by atoms with Gasteiger partial charge in [-0.25, -0.2) is 4.39 Å². The van der Waals surface area contributed by atoms with Crippen molar-refractivity contribution in [2.45, 2.75) is 6.54 Å². The van der Waals surface area contributed by atoms with E-state index in [-0.39, 0.29) is 5.75 Å². The Morgan fingerprint density at radius 2 is 2.00 bits per heavy atom. The third kappa shape index (κ3) is 3.35. The van der Waals surface area contributed by atoms with Crippen LogP contribution in [0.5, 0.6) is 5.75 Å². The monoisotopic (exact) mass is 421 g/mol. The van der Waals surface area contributed by atoms with E-state index in [1.807, 2.05) is 18.2 Å². The van der Waals surface area contributed by atoms with Crippen molar-refractivity contribution in [3.05, 3.63) is 55.8 Å². The molecular weight excluding hydrogens is 412 g/mol. The molecule has 0 aliphatic carbocycles. The fourth-order valence-electron chi connectivity index (χ4n) is 1.49. The molecule has 0 fully saturated rings. The maximum atomic E-state index is 13.2. The number of hydrogen-bond donors (Lipinski definition) is 2. The van der Waals surface area contributed by atoms with Gasteiger partial charge in [0.25, 0.3) is 0 Å². The lowest BCUT2D eigenvalue weighted by Crippen LogP contribution is -2.01. The molecule has 2 N–H and O–H groups in total. The summed E-state index contributed by atoms with van der Waals surface area (Å²) in [7, 11) is 0. The van der Waals surface area contributed by atoms with Gasteiger partial charge in [0.2, 0.25) is 0 Å². The van der Waals surface area contributed by atoms with Gasteiger partial charge in [0, 0.05) is 20.3 Å². The molecule has 0 atom stereocenters. The third-order valence-electron chi connectivity index (χ3n) is 2.42. The molecule has 0 spiro atoms. The van der Waals surface area contributed by atoms with E-state index in [0.717, 1.165) is 19.3 Å². The Kier molecular flexibility index (Phi) is 4.45. The summed E-state index contributed by atoms with van der Waals surface area (Å²) in [6.07, 6.45) is 0. The Morgan fingerprint density at radius 1 is 1.22 bits per heavy atom. The highest BCUT2D eigenvalue weighted by molar-refractivity contribution is 14.1. The van der Waals surface area contributed by atoms with Crippen molar-refractivity contribution < 1.29 is 9.50 Å². The molecule has 18 heavy (non-hydrogen) atoms. The van der Waals surface area contributed by atoms with E-state index < -0.39 is 5.82 Å². The average molecular weight is 422 g/mol. The molecule has 0 bridgehead atoms. The molecule has 0 saturated carbocycles. The van der Waals surface area contributed by atoms with Gasteiger partial charge in [0.1, 0.15) is 0 Å². The quantitative estimate of drug-likeness (QED) is 0.714. The van der Waals surface area contributed by atoms with Crippen LogP contribution < -0.4 is 5.32 Å². The van der Waals surface area contributed by atoms with Gasteiger partial charge in [-0.1, -0.05) is 22.0 Å². The predicted octanol–water partition coefficient (Wildman–Crippen LogP) is 4.51. The molecule has 2 aromatic rings. The van der Waals surface area contributed by atoms with Crippen LogP contribution in [0.2, 0.25) is 0 Å². The van der Waals surface area contributed by atoms with E-state index in [1.165, 1.54) is 12.1 Å². The highest BCUT2D eigenvalue weighted by Crippen LogP contribution is 2.24. The van der Waals surface area contributed by atoms with E-state index in [2.05, 4.69) is 43.8 Å². The van der Waals surface area contributed by atoms with Crippen LogP contribution in [0.15, 0.2) is 40.9 Å². The Hall–Kier alpha value is -0.820. The molecule has 0 amide bonds. The maximum Gasteiger partial charge on any atom is 0.165 e. The Morgan fingerprint density at radius 3 is 2.72 bits per heavy atom. The number of aromatic hydroxyl groups is 1. The first-order valence-corrected chi connectivity index (χ1v) is 7.10. The molecule has 94 valence electrons. The molecule has 0 heterocycles. The van der Waals surface area contributed by atoms with E-state index in [0.29, 0.717) is 6.54 Å². The van der Waals surface area contributed by atoms with Crippen molar-refractivity contribution >= 4 is 44.2 Å². The fraction of sp³-hybridized carbons (Fsp3) is 0.0769. The number of hydrogen-bond acceptors (Lipinski definition) is 2. The van der Waals surface area contributed by atoms with Gasteiger partial charge < -0.3 is 10.4 Å². The summed E-state index contributed by atoms with van der Waals surface area (Å²) < 4.78 is 15.2. The van der Waals surface area contributed by atoms with Gasteiger partial charge in [-0.3, -0.25) is 0 Å². The summed E-state index contributed by atoms with van der Waals surface area (Å²) in [5, 5.41) is 12.3. The molecule has 2 aromatic carbocycles. The number of nitrogens with one attached hydrogen (secondary N) is 1. The number of halogens is 3. The molecule has 0 radical (unpaired) electrons. The molecular formula is C13H10BrFINO. The Balaban J connectivity index is 2.11. The summed E-state index contributed by atoms with van der Waals surface area (Å²) in [5.41, 5.74) is 1.76. The minimum absolute atomic E-state index is 0.323. The Bertz CT molecular complexity index is 577. The molecule has 0 aliphatic heterocycles. The number of phenols is 1. The smallest absolute Gasteiger partial charge is 0.165 e. The van der Waals surface area contributed by atoms with Crippen molar-refractivity contribution in [1.29, 1.82) is 0 Å². The number of rotatable bonds is 3. The second kappa shape index (κ2) is 5.88. The SMILES string of the molecule is Oc1ccc(CNc2cc(Br)ccc2I)cc1F. The van der Waals surface area contributed by atoms with E-state index in [4.69, 9.17) is 5.11 Å². The third-order valence-corrected chi connectivity index (χ3v) is 3.86. The zero-order valence-electron chi connectivity index (χ0n) is 9.25. The lowest BCUT2D eigenvalue weighted by molar-refractivity contribution is 0.432. The summed E-state index contributed by atoms with van der Waals surface area (Å²) in [4.78, 5) is 0. The molecule has 5 heteroatoms. The van der Waals surface area contributed by atoms with Crippen molar-refractivity contribution in [1.82, 2.24) is 0 Å². The number of anilines is 1. The fourth-order valence-corrected chi connectivity index (χ4v) is 2.38. The van der Waals surface area contributed by atoms with Gasteiger partial charge in [-0.15, -0.1) is 0 Å². The molecule has 0 unspecified atom stereocenters. The lowest BCUT2D eigenvalue weighted by atomic mass is 10.2. The molecule has 0 saturated heterocycles. The number of benzene rings is 2. The standard InChI is InChI=1S/C13H10BrFINO/c14-9-2-3-11(16)12(6-9)17-7-8-1-4-13(18)10(15)5-8/h1-6,17-18H,7H2. The van der Waals surface area contributed by atoms with Crippen LogP contribution in [0.4, 0.5) is 10.1 Å². The van der Waals surface area contributed by atoms with Crippen LogP contribution in [0, 0.1) is 9.39 Å². The van der Waals surface area contributed by atoms with Crippen LogP contribution in [0.25, 0.3) is 0 Å². The molecule has 0 aromatic heterocycles. The van der Waals surface area contributed by atoms with Crippen LogP contribution in [-0.4, -0.2) is 5.11 Å². The summed E-state index contributed by atoms with van der Waals surface area (Å²) >= 11 is 5.64. The van der Waals surface area contributed by atoms with Gasteiger partial charge >= 0.3 is 0 Å². The first kappa shape index (κ1) is 13.6. The topological polar surface area (TPSA) is 32.3 Å². The number of phenolic OH excluding ortho intramolecular Hbond substituents is 1. The van der Waals surface area contributed by atoms with Crippen molar-refractivity contribution in [2.24, 2.45) is 0 Å². The zero-order valence-corrected chi connectivity index (χ0v) is 13.0. The Labute approximate surface area is 126 Å². The lowest BCUT2D eigenvalue weighted by Gasteiger charge is -2.09. The molecule has 2 rings (SSSR count). The second-order valence-corrected chi connectivity index (χ2v) is 5.84. The van der Waals surface area contributed by atoms with Crippen molar-refractivity contribution in [2.75, 3.05) is 5.32 Å². The van der Waals surface area contributed by atoms with Gasteiger partial charge in [0.05, 0.1) is 0 Å². The van der Waals surface area contributed by atoms with Crippen molar-refractivity contribution in [3.8, 4) is 5.75 Å². The molecule has 0 aliphatic rings. The zero-order chi connectivity index (χ0) is 13.1. The van der Waals surface area contributed by atoms with Gasteiger partial charge in [-0.05, 0) is 58.5 Å². The van der Waals surface area contributed by atoms with Gasteiger partial charge in [-0.2, -0.15) is 0 Å². The highest BCUT2D eigenvalue weighted by Gasteiger charge is 2.03. The first-order chi connectivity index (χ1) is 8.56. The van der Waals surface area contributed by atoms with Crippen molar-refractivity contribution in [3.63, 3.8) is 0 Å². The largest absolute Gasteiger partial charge is 0.505 e. The second-order valence-electron chi connectivity index (χ2n) is 3.76. The van der Waals surface area contributed by atoms with Crippen LogP contribution in [0.1, 0.15) is 5.56 Å². The van der Waals surface area contributed by atoms with E-state index in [1.54, 1.807) is 6.07 Å². The highest BCUT2D eigenvalue weighted by atomic mass is 127. The minimum Gasteiger partial charge on any atom is -0.505 e. The first-order valence-electron chi connectivity index (χ1n) is 5.22. The normalized spacial score (nSPS) is 10.4. The summed E-state index contributed by atoms with van der Waals surface area (Å²) in [6, 6.07) is 10.3. The van der Waals surface area contributed by atoms with E-state index in [9.17, 15) is 4.39 Å². The van der Waals surface area contributed by atoms with Crippen LogP contribution in [-0.2, 0) is 6.54 Å². The van der Waals surface area contributed by atoms with E-state index >= 15 is 0 Å². The summed E-state index contributed by atoms with van der Waals surface area (Å²) in [6.45, 7) is 0.504. The maximum absolute atomic E-state index is 13.2. The predicted molar refractivity (Wildman–Crippen MR) is 82.3 cm³/mol. The average Bonchev–Trinajstić information content (AvgIpc) is 2.34. The van der Waals surface area contributed by atoms with Gasteiger partial charge in [0.15, 0.2) is 11.6 Å².